The van der Waals surface area contributed by atoms with Crippen molar-refractivity contribution in [3.63, 3.8) is 0 Å². The van der Waals surface area contributed by atoms with Gasteiger partial charge in [-0.1, -0.05) is 13.0 Å². The molecular weight excluding hydrogens is 392 g/mol. The van der Waals surface area contributed by atoms with Gasteiger partial charge in [0, 0.05) is 19.1 Å². The summed E-state index contributed by atoms with van der Waals surface area (Å²) in [7, 11) is -3.56. The second-order valence-corrected chi connectivity index (χ2v) is 9.88. The highest BCUT2D eigenvalue weighted by atomic mass is 32.2. The van der Waals surface area contributed by atoms with E-state index >= 15 is 0 Å². The van der Waals surface area contributed by atoms with Crippen LogP contribution in [0.4, 0.5) is 0 Å². The van der Waals surface area contributed by atoms with Crippen molar-refractivity contribution < 1.29 is 22.7 Å². The minimum atomic E-state index is -3.56. The molecule has 1 aliphatic heterocycles. The Morgan fingerprint density at radius 2 is 1.90 bits per heavy atom. The van der Waals surface area contributed by atoms with E-state index < -0.39 is 16.0 Å². The number of amides is 1. The van der Waals surface area contributed by atoms with Crippen molar-refractivity contribution in [1.82, 2.24) is 9.62 Å². The molecule has 0 spiro atoms. The lowest BCUT2D eigenvalue weighted by Gasteiger charge is -2.30. The Balaban J connectivity index is 1.52. The van der Waals surface area contributed by atoms with E-state index in [1.807, 2.05) is 19.9 Å². The van der Waals surface area contributed by atoms with Gasteiger partial charge < -0.3 is 10.1 Å². The van der Waals surface area contributed by atoms with Crippen LogP contribution >= 0.6 is 0 Å². The molecule has 1 saturated heterocycles. The average molecular weight is 423 g/mol. The lowest BCUT2D eigenvalue weighted by molar-refractivity contribution is -0.153. The number of sulfonamides is 1. The fraction of sp³-hybridized carbons (Fsp3) is 0.619. The highest BCUT2D eigenvalue weighted by Gasteiger charge is 2.33. The molecule has 1 fully saturated rings. The molecule has 1 aliphatic carbocycles. The van der Waals surface area contributed by atoms with Gasteiger partial charge in [-0.05, 0) is 68.7 Å². The first-order valence-electron chi connectivity index (χ1n) is 10.4. The van der Waals surface area contributed by atoms with Crippen molar-refractivity contribution in [2.24, 2.45) is 5.92 Å². The first-order valence-corrected chi connectivity index (χ1v) is 11.8. The molecule has 8 heteroatoms. The fourth-order valence-corrected chi connectivity index (χ4v) is 5.38. The predicted octanol–water partition coefficient (Wildman–Crippen LogP) is 2.03. The Bertz CT molecular complexity index is 860. The number of benzene rings is 1. The van der Waals surface area contributed by atoms with Gasteiger partial charge in [-0.25, -0.2) is 8.42 Å². The Morgan fingerprint density at radius 1 is 1.21 bits per heavy atom. The van der Waals surface area contributed by atoms with E-state index in [9.17, 15) is 18.0 Å². The third kappa shape index (κ3) is 5.17. The molecule has 1 aromatic carbocycles. The molecular formula is C21H30N2O5S. The van der Waals surface area contributed by atoms with E-state index in [1.165, 1.54) is 9.87 Å². The molecule has 3 rings (SSSR count). The van der Waals surface area contributed by atoms with Gasteiger partial charge in [0.2, 0.25) is 10.0 Å². The number of carbonyl (C=O) groups is 2. The number of nitrogens with one attached hydrogen (secondary N) is 1. The summed E-state index contributed by atoms with van der Waals surface area (Å²) in [5.41, 5.74) is 2.36. The highest BCUT2D eigenvalue weighted by molar-refractivity contribution is 7.89. The van der Waals surface area contributed by atoms with Gasteiger partial charge in [0.25, 0.3) is 5.91 Å². The molecule has 160 valence electrons. The summed E-state index contributed by atoms with van der Waals surface area (Å²) in [6.45, 7) is 4.10. The van der Waals surface area contributed by atoms with E-state index in [0.29, 0.717) is 17.7 Å². The smallest absolute Gasteiger partial charge is 0.309 e. The van der Waals surface area contributed by atoms with Crippen molar-refractivity contribution in [2.75, 3.05) is 19.7 Å². The number of fused-ring (bicyclic) bond motifs is 1. The molecule has 29 heavy (non-hydrogen) atoms. The van der Waals surface area contributed by atoms with Crippen molar-refractivity contribution >= 4 is 21.9 Å². The molecule has 0 aromatic heterocycles. The van der Waals surface area contributed by atoms with Crippen LogP contribution in [0.3, 0.4) is 0 Å². The van der Waals surface area contributed by atoms with Crippen LogP contribution in [0.25, 0.3) is 0 Å². The zero-order valence-corrected chi connectivity index (χ0v) is 18.0. The topological polar surface area (TPSA) is 92.8 Å². The number of ether oxygens (including phenoxy) is 1. The van der Waals surface area contributed by atoms with Gasteiger partial charge in [0.15, 0.2) is 6.61 Å². The third-order valence-electron chi connectivity index (χ3n) is 5.86. The number of carbonyl (C=O) groups excluding carboxylic acids is 2. The quantitative estimate of drug-likeness (QED) is 0.679. The lowest BCUT2D eigenvalue weighted by Crippen LogP contribution is -2.41. The van der Waals surface area contributed by atoms with Gasteiger partial charge in [-0.3, -0.25) is 9.59 Å². The minimum absolute atomic E-state index is 0.0360. The molecule has 2 aliphatic rings. The summed E-state index contributed by atoms with van der Waals surface area (Å²) in [6, 6.07) is 5.45. The molecule has 0 bridgehead atoms. The molecule has 1 amide bonds. The van der Waals surface area contributed by atoms with Crippen LogP contribution in [0.5, 0.6) is 0 Å². The van der Waals surface area contributed by atoms with Gasteiger partial charge in [-0.2, -0.15) is 4.31 Å². The van der Waals surface area contributed by atoms with Gasteiger partial charge >= 0.3 is 5.97 Å². The number of hydrogen-bond donors (Lipinski definition) is 1. The third-order valence-corrected chi connectivity index (χ3v) is 7.75. The Morgan fingerprint density at radius 3 is 2.59 bits per heavy atom. The summed E-state index contributed by atoms with van der Waals surface area (Å²) < 4.78 is 32.5. The van der Waals surface area contributed by atoms with Gasteiger partial charge in [0.1, 0.15) is 0 Å². The van der Waals surface area contributed by atoms with Gasteiger partial charge in [0.05, 0.1) is 10.8 Å². The number of rotatable bonds is 7. The van der Waals surface area contributed by atoms with Crippen LogP contribution in [0.15, 0.2) is 23.1 Å². The zero-order chi connectivity index (χ0) is 21.0. The Labute approximate surface area is 172 Å². The molecule has 1 heterocycles. The molecule has 7 nitrogen and oxygen atoms in total. The van der Waals surface area contributed by atoms with E-state index in [-0.39, 0.29) is 37.6 Å². The van der Waals surface area contributed by atoms with E-state index in [0.717, 1.165) is 31.2 Å². The SMILES string of the molecule is CCC(C)NC(=O)COC(=O)C1CCN(S(=O)(=O)c2ccc3c(c2)CCC3)CC1. The largest absolute Gasteiger partial charge is 0.455 e. The van der Waals surface area contributed by atoms with Crippen LogP contribution in [0, 0.1) is 5.92 Å². The van der Waals surface area contributed by atoms with Crippen molar-refractivity contribution in [3.8, 4) is 0 Å². The van der Waals surface area contributed by atoms with Crippen LogP contribution < -0.4 is 5.32 Å². The first kappa shape index (κ1) is 21.8. The maximum atomic E-state index is 13.0. The first-order chi connectivity index (χ1) is 13.8. The number of piperidine rings is 1. The predicted molar refractivity (Wildman–Crippen MR) is 109 cm³/mol. The molecule has 1 atom stereocenters. The maximum Gasteiger partial charge on any atom is 0.309 e. The summed E-state index contributed by atoms with van der Waals surface area (Å²) in [4.78, 5) is 24.3. The number of aryl methyl sites for hydroxylation is 2. The van der Waals surface area contributed by atoms with E-state index in [4.69, 9.17) is 4.74 Å². The molecule has 1 aromatic rings. The second-order valence-electron chi connectivity index (χ2n) is 7.95. The van der Waals surface area contributed by atoms with Crippen LogP contribution in [-0.4, -0.2) is 50.3 Å². The van der Waals surface area contributed by atoms with Gasteiger partial charge in [-0.15, -0.1) is 0 Å². The average Bonchev–Trinajstić information content (AvgIpc) is 3.20. The second kappa shape index (κ2) is 9.26. The fourth-order valence-electron chi connectivity index (χ4n) is 3.86. The maximum absolute atomic E-state index is 13.0. The molecule has 0 saturated carbocycles. The molecule has 1 unspecified atom stereocenters. The summed E-state index contributed by atoms with van der Waals surface area (Å²) in [6.07, 6.45) is 4.61. The highest BCUT2D eigenvalue weighted by Crippen LogP contribution is 2.28. The number of esters is 1. The van der Waals surface area contributed by atoms with Crippen LogP contribution in [-0.2, 0) is 37.2 Å². The summed E-state index contributed by atoms with van der Waals surface area (Å²) in [5, 5.41) is 2.75. The molecule has 1 N–H and O–H groups in total. The zero-order valence-electron chi connectivity index (χ0n) is 17.1. The van der Waals surface area contributed by atoms with Crippen molar-refractivity contribution in [1.29, 1.82) is 0 Å². The van der Waals surface area contributed by atoms with E-state index in [1.54, 1.807) is 12.1 Å². The summed E-state index contributed by atoms with van der Waals surface area (Å²) >= 11 is 0. The standard InChI is InChI=1S/C21H30N2O5S/c1-3-15(2)22-20(24)14-28-21(25)17-9-11-23(12-10-17)29(26,27)19-8-7-16-5-4-6-18(16)13-19/h7-8,13,15,17H,3-6,9-12,14H2,1-2H3,(H,22,24). The minimum Gasteiger partial charge on any atom is -0.455 e. The van der Waals surface area contributed by atoms with E-state index in [2.05, 4.69) is 5.32 Å². The summed E-state index contributed by atoms with van der Waals surface area (Å²) in [5.74, 6) is -1.12. The normalized spacial score (nSPS) is 18.8. The number of nitrogens with zero attached hydrogens (tertiary/aromatic N) is 1. The van der Waals surface area contributed by atoms with Crippen molar-refractivity contribution in [2.45, 2.75) is 63.3 Å². The lowest BCUT2D eigenvalue weighted by atomic mass is 9.98. The van der Waals surface area contributed by atoms with Crippen molar-refractivity contribution in [3.05, 3.63) is 29.3 Å². The molecule has 0 radical (unpaired) electrons. The number of hydrogen-bond acceptors (Lipinski definition) is 5. The Hall–Kier alpha value is -1.93. The monoisotopic (exact) mass is 422 g/mol. The Kier molecular flexibility index (Phi) is 6.95. The van der Waals surface area contributed by atoms with Crippen LogP contribution in [0.2, 0.25) is 0 Å². The van der Waals surface area contributed by atoms with Crippen LogP contribution in [0.1, 0.15) is 50.7 Å².